The molecule has 0 saturated carbocycles. The molecule has 0 fully saturated rings. The molecule has 5 nitrogen and oxygen atoms in total. The molecule has 2 rings (SSSR count). The fourth-order valence-electron chi connectivity index (χ4n) is 1.51. The van der Waals surface area contributed by atoms with E-state index in [4.69, 9.17) is 21.6 Å². The fourth-order valence-corrected chi connectivity index (χ4v) is 1.68. The van der Waals surface area contributed by atoms with E-state index in [1.54, 1.807) is 24.3 Å². The molecule has 0 spiro atoms. The topological polar surface area (TPSA) is 78.8 Å². The van der Waals surface area contributed by atoms with Crippen LogP contribution in [0.15, 0.2) is 29.1 Å². The van der Waals surface area contributed by atoms with Crippen LogP contribution in [0.5, 0.6) is 5.75 Å². The van der Waals surface area contributed by atoms with E-state index in [1.165, 1.54) is 13.2 Å². The molecule has 0 radical (unpaired) electrons. The molecule has 6 heteroatoms. The predicted molar refractivity (Wildman–Crippen MR) is 66.6 cm³/mol. The average molecular weight is 262 g/mol. The maximum atomic E-state index is 11.3. The normalized spacial score (nSPS) is 9.83. The van der Waals surface area contributed by atoms with Crippen molar-refractivity contribution in [1.82, 2.24) is 10.2 Å². The van der Waals surface area contributed by atoms with E-state index < -0.39 is 5.56 Å². The van der Waals surface area contributed by atoms with Crippen molar-refractivity contribution in [3.05, 3.63) is 45.2 Å². The summed E-state index contributed by atoms with van der Waals surface area (Å²) < 4.78 is 5.18. The second-order valence-electron chi connectivity index (χ2n) is 3.45. The monoisotopic (exact) mass is 261 g/mol. The second-order valence-corrected chi connectivity index (χ2v) is 3.89. The zero-order chi connectivity index (χ0) is 13.1. The molecule has 1 aromatic carbocycles. The van der Waals surface area contributed by atoms with Gasteiger partial charge < -0.3 is 4.74 Å². The van der Waals surface area contributed by atoms with Gasteiger partial charge in [-0.25, -0.2) is 5.10 Å². The highest BCUT2D eigenvalue weighted by atomic mass is 35.5. The second kappa shape index (κ2) is 4.90. The summed E-state index contributed by atoms with van der Waals surface area (Å²) in [4.78, 5) is 11.3. The van der Waals surface area contributed by atoms with Gasteiger partial charge in [0.2, 0.25) is 0 Å². The van der Waals surface area contributed by atoms with Gasteiger partial charge in [0.25, 0.3) is 5.56 Å². The van der Waals surface area contributed by atoms with Crippen LogP contribution >= 0.6 is 11.6 Å². The molecule has 0 saturated heterocycles. The number of hydrogen-bond acceptors (Lipinski definition) is 4. The average Bonchev–Trinajstić information content (AvgIpc) is 2.39. The Hall–Kier alpha value is -2.32. The summed E-state index contributed by atoms with van der Waals surface area (Å²) in [7, 11) is 1.52. The van der Waals surface area contributed by atoms with Gasteiger partial charge in [-0.1, -0.05) is 11.6 Å². The number of aromatic nitrogens is 2. The van der Waals surface area contributed by atoms with Crippen LogP contribution in [0.25, 0.3) is 11.3 Å². The Bertz CT molecular complexity index is 688. The van der Waals surface area contributed by atoms with Crippen LogP contribution in [-0.2, 0) is 0 Å². The van der Waals surface area contributed by atoms with Gasteiger partial charge in [-0.15, -0.1) is 0 Å². The van der Waals surface area contributed by atoms with Crippen molar-refractivity contribution in [2.45, 2.75) is 0 Å². The molecule has 1 heterocycles. The first-order valence-corrected chi connectivity index (χ1v) is 5.37. The molecule has 1 N–H and O–H groups in total. The zero-order valence-electron chi connectivity index (χ0n) is 9.40. The number of nitriles is 1. The van der Waals surface area contributed by atoms with E-state index in [1.807, 2.05) is 0 Å². The molecule has 0 aliphatic rings. The first-order chi connectivity index (χ1) is 8.65. The summed E-state index contributed by atoms with van der Waals surface area (Å²) in [5.41, 5.74) is 0.493. The molecule has 2 aromatic rings. The summed E-state index contributed by atoms with van der Waals surface area (Å²) >= 11 is 5.91. The van der Waals surface area contributed by atoms with Crippen molar-refractivity contribution < 1.29 is 4.74 Å². The summed E-state index contributed by atoms with van der Waals surface area (Å²) in [6, 6.07) is 8.22. The number of hydrogen-bond donors (Lipinski definition) is 1. The van der Waals surface area contributed by atoms with Crippen LogP contribution in [0, 0.1) is 11.3 Å². The third-order valence-corrected chi connectivity index (χ3v) is 2.60. The number of nitrogens with one attached hydrogen (secondary N) is 1. The highest BCUT2D eigenvalue weighted by molar-refractivity contribution is 6.30. The van der Waals surface area contributed by atoms with Gasteiger partial charge in [0.15, 0.2) is 0 Å². The van der Waals surface area contributed by atoms with Crippen LogP contribution < -0.4 is 10.3 Å². The third kappa shape index (κ3) is 2.19. The maximum absolute atomic E-state index is 11.3. The number of H-pyrrole nitrogens is 1. The minimum absolute atomic E-state index is 0.0120. The Labute approximate surface area is 108 Å². The number of aromatic amines is 1. The predicted octanol–water partition coefficient (Wildman–Crippen LogP) is 1.97. The lowest BCUT2D eigenvalue weighted by Gasteiger charge is -2.07. The Kier molecular flexibility index (Phi) is 3.31. The van der Waals surface area contributed by atoms with E-state index in [9.17, 15) is 4.79 Å². The molecule has 0 atom stereocenters. The number of nitrogens with zero attached hydrogens (tertiary/aromatic N) is 2. The lowest BCUT2D eigenvalue weighted by Crippen LogP contribution is -2.12. The fraction of sp³-hybridized carbons (Fsp3) is 0.0833. The number of benzene rings is 1. The van der Waals surface area contributed by atoms with E-state index in [-0.39, 0.29) is 5.56 Å². The number of ether oxygens (including phenoxy) is 1. The first kappa shape index (κ1) is 12.1. The number of methoxy groups -OCH3 is 1. The van der Waals surface area contributed by atoms with E-state index in [0.29, 0.717) is 22.0 Å². The van der Waals surface area contributed by atoms with Crippen LogP contribution in [0.1, 0.15) is 5.56 Å². The minimum atomic E-state index is -0.526. The minimum Gasteiger partial charge on any atom is -0.496 e. The van der Waals surface area contributed by atoms with Crippen LogP contribution in [-0.4, -0.2) is 17.3 Å². The maximum Gasteiger partial charge on any atom is 0.282 e. The van der Waals surface area contributed by atoms with E-state index in [2.05, 4.69) is 10.2 Å². The molecule has 0 bridgehead atoms. The largest absolute Gasteiger partial charge is 0.496 e. The summed E-state index contributed by atoms with van der Waals surface area (Å²) in [6.07, 6.45) is 0. The zero-order valence-corrected chi connectivity index (χ0v) is 10.2. The van der Waals surface area contributed by atoms with E-state index >= 15 is 0 Å². The molecule has 0 aliphatic heterocycles. The molecule has 18 heavy (non-hydrogen) atoms. The van der Waals surface area contributed by atoms with Crippen molar-refractivity contribution in [2.75, 3.05) is 7.11 Å². The van der Waals surface area contributed by atoms with Gasteiger partial charge in [0.05, 0.1) is 12.8 Å². The first-order valence-electron chi connectivity index (χ1n) is 4.99. The SMILES string of the molecule is COc1ccc(Cl)cc1-c1cc(C#N)c(=O)[nH]n1. The van der Waals surface area contributed by atoms with Crippen molar-refractivity contribution in [3.63, 3.8) is 0 Å². The van der Waals surface area contributed by atoms with Crippen LogP contribution in [0.3, 0.4) is 0 Å². The Morgan fingerprint density at radius 3 is 2.89 bits per heavy atom. The highest BCUT2D eigenvalue weighted by Crippen LogP contribution is 2.30. The summed E-state index contributed by atoms with van der Waals surface area (Å²) in [6.45, 7) is 0. The lowest BCUT2D eigenvalue weighted by atomic mass is 10.1. The summed E-state index contributed by atoms with van der Waals surface area (Å²) in [5.74, 6) is 0.558. The van der Waals surface area contributed by atoms with Gasteiger partial charge in [-0.3, -0.25) is 4.79 Å². The van der Waals surface area contributed by atoms with Gasteiger partial charge in [-0.05, 0) is 24.3 Å². The Morgan fingerprint density at radius 2 is 2.22 bits per heavy atom. The molecule has 0 unspecified atom stereocenters. The van der Waals surface area contributed by atoms with Crippen molar-refractivity contribution in [1.29, 1.82) is 5.26 Å². The molecular formula is C12H8ClN3O2. The van der Waals surface area contributed by atoms with E-state index in [0.717, 1.165) is 0 Å². The van der Waals surface area contributed by atoms with Gasteiger partial charge >= 0.3 is 0 Å². The third-order valence-electron chi connectivity index (χ3n) is 2.36. The Morgan fingerprint density at radius 1 is 1.44 bits per heavy atom. The lowest BCUT2D eigenvalue weighted by molar-refractivity contribution is 0.416. The number of rotatable bonds is 2. The Balaban J connectivity index is 2.65. The molecule has 0 amide bonds. The quantitative estimate of drug-likeness (QED) is 0.896. The van der Waals surface area contributed by atoms with Crippen molar-refractivity contribution >= 4 is 11.6 Å². The van der Waals surface area contributed by atoms with Gasteiger partial charge in [0.1, 0.15) is 17.4 Å². The van der Waals surface area contributed by atoms with Crippen molar-refractivity contribution in [2.24, 2.45) is 0 Å². The summed E-state index contributed by atoms with van der Waals surface area (Å²) in [5, 5.41) is 15.5. The molecule has 0 aliphatic carbocycles. The van der Waals surface area contributed by atoms with Crippen LogP contribution in [0.4, 0.5) is 0 Å². The standard InChI is InChI=1S/C12H8ClN3O2/c1-18-11-3-2-8(13)5-9(11)10-4-7(6-14)12(17)16-15-10/h2-5H,1H3,(H,16,17). The highest BCUT2D eigenvalue weighted by Gasteiger charge is 2.10. The molecular weight excluding hydrogens is 254 g/mol. The van der Waals surface area contributed by atoms with Crippen LogP contribution in [0.2, 0.25) is 5.02 Å². The molecule has 90 valence electrons. The van der Waals surface area contributed by atoms with Gasteiger partial charge in [-0.2, -0.15) is 10.4 Å². The molecule has 1 aromatic heterocycles. The van der Waals surface area contributed by atoms with Gasteiger partial charge in [0, 0.05) is 10.6 Å². The van der Waals surface area contributed by atoms with Crippen molar-refractivity contribution in [3.8, 4) is 23.1 Å². The number of halogens is 1. The smallest absolute Gasteiger partial charge is 0.282 e.